The second kappa shape index (κ2) is 6.84. The van der Waals surface area contributed by atoms with Gasteiger partial charge < -0.3 is 5.73 Å². The lowest BCUT2D eigenvalue weighted by atomic mass is 9.90. The van der Waals surface area contributed by atoms with Gasteiger partial charge in [0.2, 0.25) is 10.0 Å². The van der Waals surface area contributed by atoms with Gasteiger partial charge in [-0.1, -0.05) is 29.3 Å². The zero-order valence-electron chi connectivity index (χ0n) is 11.9. The summed E-state index contributed by atoms with van der Waals surface area (Å²) in [6, 6.07) is 5.08. The number of hydrogen-bond donors (Lipinski definition) is 1. The Labute approximate surface area is 136 Å². The molecule has 1 aliphatic heterocycles. The van der Waals surface area contributed by atoms with Gasteiger partial charge in [-0.15, -0.1) is 0 Å². The van der Waals surface area contributed by atoms with Crippen LogP contribution in [0.15, 0.2) is 18.2 Å². The molecular formula is C14H20Cl2N2O2S. The third kappa shape index (κ3) is 4.57. The molecule has 1 saturated heterocycles. The van der Waals surface area contributed by atoms with E-state index in [0.717, 1.165) is 18.4 Å². The monoisotopic (exact) mass is 350 g/mol. The van der Waals surface area contributed by atoms with Crippen LogP contribution in [0, 0.1) is 5.92 Å². The highest BCUT2D eigenvalue weighted by Gasteiger charge is 2.27. The minimum Gasteiger partial charge on any atom is -0.324 e. The van der Waals surface area contributed by atoms with Crippen molar-refractivity contribution in [1.82, 2.24) is 4.31 Å². The van der Waals surface area contributed by atoms with Crippen molar-refractivity contribution < 1.29 is 8.42 Å². The number of sulfonamides is 1. The lowest BCUT2D eigenvalue weighted by Gasteiger charge is -2.32. The Kier molecular flexibility index (Phi) is 5.54. The standard InChI is InChI=1S/C14H20Cl2N2O2S/c1-21(19,20)18-6-2-3-10(9-18)7-14(17)12-5-4-11(15)8-13(12)16/h4-5,8,10,14H,2-3,6-7,9,17H2,1H3. The largest absolute Gasteiger partial charge is 0.324 e. The molecule has 7 heteroatoms. The molecule has 0 saturated carbocycles. The van der Waals surface area contributed by atoms with Crippen LogP contribution in [0.25, 0.3) is 0 Å². The highest BCUT2D eigenvalue weighted by atomic mass is 35.5. The van der Waals surface area contributed by atoms with Gasteiger partial charge in [0.1, 0.15) is 0 Å². The lowest BCUT2D eigenvalue weighted by molar-refractivity contribution is 0.247. The molecule has 1 heterocycles. The first-order valence-corrected chi connectivity index (χ1v) is 9.53. The van der Waals surface area contributed by atoms with Gasteiger partial charge >= 0.3 is 0 Å². The smallest absolute Gasteiger partial charge is 0.211 e. The molecule has 1 aromatic rings. The van der Waals surface area contributed by atoms with E-state index in [-0.39, 0.29) is 12.0 Å². The SMILES string of the molecule is CS(=O)(=O)N1CCCC(CC(N)c2ccc(Cl)cc2Cl)C1. The maximum absolute atomic E-state index is 11.6. The van der Waals surface area contributed by atoms with Crippen LogP contribution < -0.4 is 5.73 Å². The fourth-order valence-electron chi connectivity index (χ4n) is 2.81. The molecule has 2 atom stereocenters. The van der Waals surface area contributed by atoms with Crippen molar-refractivity contribution in [2.45, 2.75) is 25.3 Å². The second-order valence-electron chi connectivity index (χ2n) is 5.64. The van der Waals surface area contributed by atoms with E-state index >= 15 is 0 Å². The number of hydrogen-bond acceptors (Lipinski definition) is 3. The lowest BCUT2D eigenvalue weighted by Crippen LogP contribution is -2.40. The summed E-state index contributed by atoms with van der Waals surface area (Å²) in [7, 11) is -3.12. The molecule has 0 aromatic heterocycles. The van der Waals surface area contributed by atoms with Gasteiger partial charge in [0, 0.05) is 29.2 Å². The van der Waals surface area contributed by atoms with Crippen LogP contribution in [0.4, 0.5) is 0 Å². The molecule has 2 N–H and O–H groups in total. The molecule has 0 amide bonds. The molecule has 0 spiro atoms. The van der Waals surface area contributed by atoms with E-state index in [2.05, 4.69) is 0 Å². The zero-order valence-corrected chi connectivity index (χ0v) is 14.3. The molecule has 0 aliphatic carbocycles. The number of halogens is 2. The third-order valence-electron chi connectivity index (χ3n) is 3.90. The Balaban J connectivity index is 2.03. The summed E-state index contributed by atoms with van der Waals surface area (Å²) in [4.78, 5) is 0. The molecule has 2 unspecified atom stereocenters. The molecule has 0 radical (unpaired) electrons. The normalized spacial score (nSPS) is 22.2. The number of nitrogens with two attached hydrogens (primary N) is 1. The number of benzene rings is 1. The van der Waals surface area contributed by atoms with Gasteiger partial charge in [-0.2, -0.15) is 0 Å². The molecule has 1 fully saturated rings. The third-order valence-corrected chi connectivity index (χ3v) is 5.73. The highest BCUT2D eigenvalue weighted by Crippen LogP contribution is 2.31. The second-order valence-corrected chi connectivity index (χ2v) is 8.46. The first-order chi connectivity index (χ1) is 9.77. The van der Waals surface area contributed by atoms with Crippen LogP contribution in [-0.4, -0.2) is 32.1 Å². The molecule has 4 nitrogen and oxygen atoms in total. The van der Waals surface area contributed by atoms with Crippen LogP contribution in [-0.2, 0) is 10.0 Å². The quantitative estimate of drug-likeness (QED) is 0.907. The summed E-state index contributed by atoms with van der Waals surface area (Å²) in [5.74, 6) is 0.259. The predicted molar refractivity (Wildman–Crippen MR) is 87.1 cm³/mol. The number of rotatable bonds is 4. The van der Waals surface area contributed by atoms with Crippen molar-refractivity contribution in [2.24, 2.45) is 11.7 Å². The summed E-state index contributed by atoms with van der Waals surface area (Å²) in [6.45, 7) is 1.14. The first kappa shape index (κ1) is 17.0. The molecule has 118 valence electrons. The Morgan fingerprint density at radius 2 is 2.14 bits per heavy atom. The molecule has 0 bridgehead atoms. The van der Waals surface area contributed by atoms with Crippen molar-refractivity contribution >= 4 is 33.2 Å². The Morgan fingerprint density at radius 3 is 2.76 bits per heavy atom. The molecule has 2 rings (SSSR count). The van der Waals surface area contributed by atoms with Gasteiger partial charge in [0.15, 0.2) is 0 Å². The van der Waals surface area contributed by atoms with Crippen LogP contribution >= 0.6 is 23.2 Å². The van der Waals surface area contributed by atoms with E-state index in [0.29, 0.717) is 29.6 Å². The maximum Gasteiger partial charge on any atom is 0.211 e. The van der Waals surface area contributed by atoms with Gasteiger partial charge in [-0.25, -0.2) is 12.7 Å². The van der Waals surface area contributed by atoms with Crippen LogP contribution in [0.2, 0.25) is 10.0 Å². The van der Waals surface area contributed by atoms with Crippen molar-refractivity contribution in [3.63, 3.8) is 0 Å². The van der Waals surface area contributed by atoms with Crippen molar-refractivity contribution in [3.8, 4) is 0 Å². The van der Waals surface area contributed by atoms with E-state index in [1.165, 1.54) is 10.6 Å². The summed E-state index contributed by atoms with van der Waals surface area (Å²) in [5, 5.41) is 1.14. The summed E-state index contributed by atoms with van der Waals surface area (Å²) >= 11 is 12.1. The van der Waals surface area contributed by atoms with Gasteiger partial charge in [-0.3, -0.25) is 0 Å². The Bertz CT molecular complexity index is 607. The average molecular weight is 351 g/mol. The fourth-order valence-corrected chi connectivity index (χ4v) is 4.30. The van der Waals surface area contributed by atoms with Crippen molar-refractivity contribution in [1.29, 1.82) is 0 Å². The minimum absolute atomic E-state index is 0.209. The zero-order chi connectivity index (χ0) is 15.6. The number of piperidine rings is 1. The van der Waals surface area contributed by atoms with E-state index < -0.39 is 10.0 Å². The molecule has 1 aliphatic rings. The van der Waals surface area contributed by atoms with E-state index in [1.807, 2.05) is 6.07 Å². The average Bonchev–Trinajstić information content (AvgIpc) is 2.37. The summed E-state index contributed by atoms with van der Waals surface area (Å²) in [6.07, 6.45) is 3.84. The maximum atomic E-state index is 11.6. The van der Waals surface area contributed by atoms with E-state index in [1.54, 1.807) is 12.1 Å². The molecule has 21 heavy (non-hydrogen) atoms. The first-order valence-electron chi connectivity index (χ1n) is 6.93. The van der Waals surface area contributed by atoms with E-state index in [9.17, 15) is 8.42 Å². The summed E-state index contributed by atoms with van der Waals surface area (Å²) in [5.41, 5.74) is 7.09. The van der Waals surface area contributed by atoms with E-state index in [4.69, 9.17) is 28.9 Å². The van der Waals surface area contributed by atoms with Crippen LogP contribution in [0.1, 0.15) is 30.9 Å². The fraction of sp³-hybridized carbons (Fsp3) is 0.571. The Hall–Kier alpha value is -0.330. The topological polar surface area (TPSA) is 63.4 Å². The molecular weight excluding hydrogens is 331 g/mol. The van der Waals surface area contributed by atoms with Gasteiger partial charge in [0.25, 0.3) is 0 Å². The minimum atomic E-state index is -3.12. The molecule has 1 aromatic carbocycles. The van der Waals surface area contributed by atoms with Crippen molar-refractivity contribution in [3.05, 3.63) is 33.8 Å². The van der Waals surface area contributed by atoms with Crippen LogP contribution in [0.5, 0.6) is 0 Å². The highest BCUT2D eigenvalue weighted by molar-refractivity contribution is 7.88. The van der Waals surface area contributed by atoms with Gasteiger partial charge in [0.05, 0.1) is 6.26 Å². The summed E-state index contributed by atoms with van der Waals surface area (Å²) < 4.78 is 24.8. The Morgan fingerprint density at radius 1 is 1.43 bits per heavy atom. The van der Waals surface area contributed by atoms with Crippen LogP contribution in [0.3, 0.4) is 0 Å². The number of nitrogens with zero attached hydrogens (tertiary/aromatic N) is 1. The van der Waals surface area contributed by atoms with Crippen molar-refractivity contribution in [2.75, 3.05) is 19.3 Å². The van der Waals surface area contributed by atoms with Gasteiger partial charge in [-0.05, 0) is 42.9 Å². The predicted octanol–water partition coefficient (Wildman–Crippen LogP) is 3.05.